The molecule has 2 atom stereocenters. The molecular formula is C17H29NO3. The Labute approximate surface area is 128 Å². The summed E-state index contributed by atoms with van der Waals surface area (Å²) >= 11 is 0. The fourth-order valence-corrected chi connectivity index (χ4v) is 2.06. The molecule has 2 unspecified atom stereocenters. The molecule has 120 valence electrons. The van der Waals surface area contributed by atoms with Gasteiger partial charge in [0.2, 0.25) is 0 Å². The molecule has 0 aliphatic heterocycles. The van der Waals surface area contributed by atoms with E-state index in [2.05, 4.69) is 13.8 Å². The van der Waals surface area contributed by atoms with Crippen molar-refractivity contribution in [1.82, 2.24) is 0 Å². The van der Waals surface area contributed by atoms with Gasteiger partial charge in [0.25, 0.3) is 0 Å². The largest absolute Gasteiger partial charge is 0.491 e. The number of unbranched alkanes of at least 4 members (excludes halogenated alkanes) is 3. The minimum absolute atomic E-state index is 0.184. The maximum atomic E-state index is 9.86. The van der Waals surface area contributed by atoms with E-state index in [1.54, 1.807) is 12.1 Å². The topological polar surface area (TPSA) is 64.7 Å². The molecular weight excluding hydrogens is 266 g/mol. The lowest BCUT2D eigenvalue weighted by molar-refractivity contribution is -0.0214. The minimum atomic E-state index is -0.621. The molecule has 21 heavy (non-hydrogen) atoms. The first-order chi connectivity index (χ1) is 10.1. The van der Waals surface area contributed by atoms with E-state index in [4.69, 9.17) is 15.2 Å². The van der Waals surface area contributed by atoms with Crippen LogP contribution in [0.15, 0.2) is 24.3 Å². The van der Waals surface area contributed by atoms with Gasteiger partial charge in [-0.1, -0.05) is 38.7 Å². The highest BCUT2D eigenvalue weighted by Crippen LogP contribution is 2.14. The zero-order chi connectivity index (χ0) is 15.5. The van der Waals surface area contributed by atoms with Crippen molar-refractivity contribution >= 4 is 5.69 Å². The van der Waals surface area contributed by atoms with E-state index >= 15 is 0 Å². The highest BCUT2D eigenvalue weighted by atomic mass is 16.5. The molecule has 4 heteroatoms. The Morgan fingerprint density at radius 1 is 1.19 bits per heavy atom. The smallest absolute Gasteiger partial charge is 0.121 e. The Morgan fingerprint density at radius 2 is 2.00 bits per heavy atom. The molecule has 0 bridgehead atoms. The second-order valence-electron chi connectivity index (χ2n) is 5.53. The first-order valence-electron chi connectivity index (χ1n) is 7.89. The van der Waals surface area contributed by atoms with E-state index in [1.165, 1.54) is 25.7 Å². The molecule has 0 aliphatic rings. The molecule has 0 spiro atoms. The standard InChI is InChI=1S/C17H29NO3/c1-3-4-5-6-8-14(2)20-12-16(19)13-21-17-10-7-9-15(18)11-17/h7,9-11,14,16,19H,3-6,8,12-13,18H2,1-2H3. The van der Waals surface area contributed by atoms with Gasteiger partial charge in [-0.05, 0) is 25.5 Å². The van der Waals surface area contributed by atoms with Crippen LogP contribution < -0.4 is 10.5 Å². The van der Waals surface area contributed by atoms with Crippen LogP contribution in [0.25, 0.3) is 0 Å². The van der Waals surface area contributed by atoms with Crippen molar-refractivity contribution < 1.29 is 14.6 Å². The summed E-state index contributed by atoms with van der Waals surface area (Å²) in [6.45, 7) is 4.78. The van der Waals surface area contributed by atoms with Crippen molar-refractivity contribution in [2.45, 2.75) is 58.2 Å². The second kappa shape index (κ2) is 10.5. The van der Waals surface area contributed by atoms with Crippen LogP contribution in [-0.2, 0) is 4.74 Å². The lowest BCUT2D eigenvalue weighted by atomic mass is 10.1. The number of rotatable bonds is 11. The number of hydrogen-bond donors (Lipinski definition) is 2. The summed E-state index contributed by atoms with van der Waals surface area (Å²) in [6.07, 6.45) is 5.57. The van der Waals surface area contributed by atoms with Gasteiger partial charge in [-0.15, -0.1) is 0 Å². The van der Waals surface area contributed by atoms with Crippen LogP contribution in [0, 0.1) is 0 Å². The van der Waals surface area contributed by atoms with E-state index in [1.807, 2.05) is 12.1 Å². The Hall–Kier alpha value is -1.26. The van der Waals surface area contributed by atoms with Gasteiger partial charge in [0.15, 0.2) is 0 Å². The van der Waals surface area contributed by atoms with E-state index < -0.39 is 6.10 Å². The molecule has 0 aliphatic carbocycles. The van der Waals surface area contributed by atoms with Gasteiger partial charge in [0, 0.05) is 11.8 Å². The van der Waals surface area contributed by atoms with E-state index in [9.17, 15) is 5.11 Å². The second-order valence-corrected chi connectivity index (χ2v) is 5.53. The van der Waals surface area contributed by atoms with E-state index in [0.717, 1.165) is 6.42 Å². The van der Waals surface area contributed by atoms with Crippen LogP contribution in [-0.4, -0.2) is 30.5 Å². The molecule has 0 saturated carbocycles. The number of benzene rings is 1. The predicted octanol–water partition coefficient (Wildman–Crippen LogP) is 3.38. The highest BCUT2D eigenvalue weighted by Gasteiger charge is 2.09. The quantitative estimate of drug-likeness (QED) is 0.485. The number of hydrogen-bond acceptors (Lipinski definition) is 4. The van der Waals surface area contributed by atoms with Crippen LogP contribution in [0.4, 0.5) is 5.69 Å². The fraction of sp³-hybridized carbons (Fsp3) is 0.647. The van der Waals surface area contributed by atoms with Crippen molar-refractivity contribution in [3.63, 3.8) is 0 Å². The lowest BCUT2D eigenvalue weighted by Gasteiger charge is -2.17. The number of nitrogen functional groups attached to an aromatic ring is 1. The molecule has 1 aromatic carbocycles. The van der Waals surface area contributed by atoms with Crippen molar-refractivity contribution in [1.29, 1.82) is 0 Å². The summed E-state index contributed by atoms with van der Waals surface area (Å²) in [5, 5.41) is 9.86. The predicted molar refractivity (Wildman–Crippen MR) is 86.5 cm³/mol. The monoisotopic (exact) mass is 295 g/mol. The molecule has 1 rings (SSSR count). The summed E-state index contributed by atoms with van der Waals surface area (Å²) < 4.78 is 11.1. The van der Waals surface area contributed by atoms with Crippen molar-refractivity contribution in [3.05, 3.63) is 24.3 Å². The van der Waals surface area contributed by atoms with Gasteiger partial charge in [-0.3, -0.25) is 0 Å². The maximum absolute atomic E-state index is 9.86. The van der Waals surface area contributed by atoms with Crippen LogP contribution in [0.5, 0.6) is 5.75 Å². The summed E-state index contributed by atoms with van der Waals surface area (Å²) in [4.78, 5) is 0. The van der Waals surface area contributed by atoms with Crippen molar-refractivity contribution in [2.24, 2.45) is 0 Å². The average Bonchev–Trinajstić information content (AvgIpc) is 2.47. The zero-order valence-corrected chi connectivity index (χ0v) is 13.3. The molecule has 0 heterocycles. The number of anilines is 1. The molecule has 0 radical (unpaired) electrons. The SMILES string of the molecule is CCCCCCC(C)OCC(O)COc1cccc(N)c1. The third-order valence-electron chi connectivity index (χ3n) is 3.34. The van der Waals surface area contributed by atoms with Gasteiger partial charge in [0.05, 0.1) is 12.7 Å². The molecule has 3 N–H and O–H groups in total. The van der Waals surface area contributed by atoms with Crippen molar-refractivity contribution in [2.75, 3.05) is 18.9 Å². The van der Waals surface area contributed by atoms with E-state index in [-0.39, 0.29) is 12.7 Å². The summed E-state index contributed by atoms with van der Waals surface area (Å²) in [6, 6.07) is 7.18. The highest BCUT2D eigenvalue weighted by molar-refractivity contribution is 5.43. The molecule has 0 saturated heterocycles. The first kappa shape index (κ1) is 17.8. The molecule has 0 aromatic heterocycles. The maximum Gasteiger partial charge on any atom is 0.121 e. The Bertz CT molecular complexity index is 384. The molecule has 0 amide bonds. The fourth-order valence-electron chi connectivity index (χ4n) is 2.06. The average molecular weight is 295 g/mol. The van der Waals surface area contributed by atoms with Gasteiger partial charge >= 0.3 is 0 Å². The molecule has 1 aromatic rings. The minimum Gasteiger partial charge on any atom is -0.491 e. The lowest BCUT2D eigenvalue weighted by Crippen LogP contribution is -2.26. The van der Waals surface area contributed by atoms with Gasteiger partial charge in [-0.2, -0.15) is 0 Å². The van der Waals surface area contributed by atoms with Crippen LogP contribution in [0.2, 0.25) is 0 Å². The van der Waals surface area contributed by atoms with Gasteiger partial charge in [0.1, 0.15) is 18.5 Å². The van der Waals surface area contributed by atoms with Crippen LogP contribution in [0.3, 0.4) is 0 Å². The number of aliphatic hydroxyl groups excluding tert-OH is 1. The number of ether oxygens (including phenoxy) is 2. The summed E-state index contributed by atoms with van der Waals surface area (Å²) in [5.41, 5.74) is 6.32. The third-order valence-corrected chi connectivity index (χ3v) is 3.34. The van der Waals surface area contributed by atoms with Crippen LogP contribution >= 0.6 is 0 Å². The Morgan fingerprint density at radius 3 is 2.71 bits per heavy atom. The van der Waals surface area contributed by atoms with Gasteiger partial charge < -0.3 is 20.3 Å². The number of nitrogens with two attached hydrogens (primary N) is 1. The molecule has 0 fully saturated rings. The zero-order valence-electron chi connectivity index (χ0n) is 13.3. The summed E-state index contributed by atoms with van der Waals surface area (Å²) in [5.74, 6) is 0.668. The summed E-state index contributed by atoms with van der Waals surface area (Å²) in [7, 11) is 0. The molecule has 4 nitrogen and oxygen atoms in total. The van der Waals surface area contributed by atoms with Crippen LogP contribution in [0.1, 0.15) is 46.0 Å². The van der Waals surface area contributed by atoms with Gasteiger partial charge in [-0.25, -0.2) is 0 Å². The van der Waals surface area contributed by atoms with Crippen molar-refractivity contribution in [3.8, 4) is 5.75 Å². The Balaban J connectivity index is 2.11. The third kappa shape index (κ3) is 8.58. The Kier molecular flexibility index (Phi) is 8.87. The normalized spacial score (nSPS) is 13.9. The van der Waals surface area contributed by atoms with E-state index in [0.29, 0.717) is 18.0 Å². The first-order valence-corrected chi connectivity index (χ1v) is 7.89. The number of aliphatic hydroxyl groups is 1.